The van der Waals surface area contributed by atoms with E-state index in [2.05, 4.69) is 4.90 Å². The van der Waals surface area contributed by atoms with Crippen molar-refractivity contribution in [3.05, 3.63) is 69.9 Å². The van der Waals surface area contributed by atoms with E-state index in [9.17, 15) is 19.5 Å². The molecule has 1 aromatic heterocycles. The summed E-state index contributed by atoms with van der Waals surface area (Å²) in [5.41, 5.74) is 0.604. The number of allylic oxidation sites excluding steroid dienone is 2. The molecule has 1 fully saturated rings. The minimum atomic E-state index is -1.81. The Labute approximate surface area is 249 Å². The first-order valence-electron chi connectivity index (χ1n) is 14.4. The third-order valence-electron chi connectivity index (χ3n) is 8.82. The predicted molar refractivity (Wildman–Crippen MR) is 161 cm³/mol. The van der Waals surface area contributed by atoms with Crippen LogP contribution in [0.1, 0.15) is 77.9 Å². The maximum atomic E-state index is 15.7. The van der Waals surface area contributed by atoms with Crippen molar-refractivity contribution in [3.8, 4) is 0 Å². The topological polar surface area (TPSA) is 95.7 Å². The van der Waals surface area contributed by atoms with E-state index in [-0.39, 0.29) is 34.5 Å². The molecule has 1 saturated heterocycles. The second kappa shape index (κ2) is 11.6. The fourth-order valence-corrected chi connectivity index (χ4v) is 6.17. The number of rotatable bonds is 7. The molecule has 2 unspecified atom stereocenters. The normalized spacial score (nSPS) is 20.5. The molecule has 3 atom stereocenters. The molecule has 222 valence electrons. The molecule has 5 rings (SSSR count). The van der Waals surface area contributed by atoms with Gasteiger partial charge in [-0.15, -0.1) is 0 Å². The van der Waals surface area contributed by atoms with Gasteiger partial charge in [-0.25, -0.2) is 4.39 Å². The van der Waals surface area contributed by atoms with E-state index in [1.165, 1.54) is 11.6 Å². The summed E-state index contributed by atoms with van der Waals surface area (Å²) in [5, 5.41) is 14.9. The van der Waals surface area contributed by atoms with Gasteiger partial charge in [-0.1, -0.05) is 36.7 Å². The first-order valence-corrected chi connectivity index (χ1v) is 14.7. The number of alkyl halides is 1. The second-order valence-electron chi connectivity index (χ2n) is 11.7. The zero-order chi connectivity index (χ0) is 30.3. The number of hydrogen-bond acceptors (Lipinski definition) is 5. The number of hydrogen-bond donors (Lipinski definition) is 1. The van der Waals surface area contributed by atoms with Crippen molar-refractivity contribution in [2.75, 3.05) is 27.2 Å². The van der Waals surface area contributed by atoms with Crippen molar-refractivity contribution in [3.63, 3.8) is 0 Å². The molecule has 42 heavy (non-hydrogen) atoms. The summed E-state index contributed by atoms with van der Waals surface area (Å²) in [5.74, 6) is -2.04. The number of fused-ring (bicyclic) bond motifs is 1. The molecule has 0 bridgehead atoms. The fourth-order valence-electron chi connectivity index (χ4n) is 5.92. The van der Waals surface area contributed by atoms with Crippen LogP contribution in [0.4, 0.5) is 4.39 Å². The number of amides is 1. The first kappa shape index (κ1) is 29.9. The summed E-state index contributed by atoms with van der Waals surface area (Å²) >= 11 is 6.54. The quantitative estimate of drug-likeness (QED) is 0.359. The molecule has 0 saturated carbocycles. The van der Waals surface area contributed by atoms with Crippen molar-refractivity contribution in [2.24, 2.45) is 5.92 Å². The molecule has 1 amide bonds. The molecule has 8 nitrogen and oxygen atoms in total. The van der Waals surface area contributed by atoms with Gasteiger partial charge >= 0.3 is 5.97 Å². The summed E-state index contributed by atoms with van der Waals surface area (Å²) in [4.78, 5) is 43.2. The van der Waals surface area contributed by atoms with E-state index in [1.54, 1.807) is 43.3 Å². The molecule has 3 aromatic rings. The maximum Gasteiger partial charge on any atom is 0.306 e. The van der Waals surface area contributed by atoms with E-state index < -0.39 is 23.5 Å². The minimum Gasteiger partial charge on any atom is -0.481 e. The summed E-state index contributed by atoms with van der Waals surface area (Å²) in [6.45, 7) is 4.37. The molecule has 2 aliphatic rings. The smallest absolute Gasteiger partial charge is 0.306 e. The van der Waals surface area contributed by atoms with Gasteiger partial charge in [-0.05, 0) is 83.0 Å². The number of benzene rings is 2. The zero-order valence-electron chi connectivity index (χ0n) is 24.4. The molecule has 0 radical (unpaired) electrons. The number of carbonyl (C=O) groups is 3. The zero-order valence-corrected chi connectivity index (χ0v) is 25.1. The summed E-state index contributed by atoms with van der Waals surface area (Å²) in [6.07, 6.45) is 4.17. The Kier molecular flexibility index (Phi) is 8.27. The van der Waals surface area contributed by atoms with Crippen LogP contribution in [0.15, 0.2) is 42.5 Å². The number of halogens is 2. The Morgan fingerprint density at radius 2 is 1.93 bits per heavy atom. The van der Waals surface area contributed by atoms with Crippen LogP contribution < -0.4 is 0 Å². The van der Waals surface area contributed by atoms with Crippen LogP contribution >= 0.6 is 11.6 Å². The minimum absolute atomic E-state index is 0.0237. The molecule has 2 heterocycles. The molecular formula is C32H36ClFN4O4. The lowest BCUT2D eigenvalue weighted by Crippen LogP contribution is -2.34. The van der Waals surface area contributed by atoms with Crippen molar-refractivity contribution in [1.82, 2.24) is 19.6 Å². The molecular weight excluding hydrogens is 559 g/mol. The standard InChI is InChI=1S/C32H36ClFN4O4/c1-5-32(2,34)24-7-6-8-25(33)27(24)30(40)38-26-17-21(29(39)37-16-15-22(18-37)36(3)4)13-14-23(26)28(35-38)19-9-11-20(12-10-19)31(41)42/h6-9,13-14,17,20,22H,5,10-12,15-16,18H2,1-4H3,(H,41,42)/t20?,22-,32?/m1/s1. The number of carbonyl (C=O) groups excluding carboxylic acids is 2. The highest BCUT2D eigenvalue weighted by Gasteiger charge is 2.33. The van der Waals surface area contributed by atoms with E-state index in [4.69, 9.17) is 16.7 Å². The van der Waals surface area contributed by atoms with E-state index >= 15 is 4.39 Å². The van der Waals surface area contributed by atoms with Gasteiger partial charge in [0.05, 0.1) is 27.7 Å². The van der Waals surface area contributed by atoms with Crippen molar-refractivity contribution in [1.29, 1.82) is 0 Å². The fraction of sp³-hybridized carbons (Fsp3) is 0.438. The Bertz CT molecular complexity index is 1590. The maximum absolute atomic E-state index is 15.7. The molecule has 10 heteroatoms. The van der Waals surface area contributed by atoms with Crippen LogP contribution in [0, 0.1) is 5.92 Å². The number of nitrogens with zero attached hydrogens (tertiary/aromatic N) is 4. The van der Waals surface area contributed by atoms with E-state index in [1.807, 2.05) is 25.1 Å². The van der Waals surface area contributed by atoms with E-state index in [0.29, 0.717) is 54.5 Å². The number of likely N-dealkylation sites (tertiary alicyclic amines) is 1. The monoisotopic (exact) mass is 594 g/mol. The van der Waals surface area contributed by atoms with Crippen LogP contribution in [0.2, 0.25) is 5.02 Å². The van der Waals surface area contributed by atoms with Gasteiger partial charge in [0, 0.05) is 35.6 Å². The summed E-state index contributed by atoms with van der Waals surface area (Å²) < 4.78 is 16.9. The van der Waals surface area contributed by atoms with Gasteiger partial charge in [-0.2, -0.15) is 9.78 Å². The Hall–Kier alpha value is -3.56. The van der Waals surface area contributed by atoms with Crippen LogP contribution in [-0.4, -0.2) is 75.7 Å². The number of aliphatic carboxylic acids is 1. The number of likely N-dealkylation sites (N-methyl/N-ethyl adjacent to an activating group) is 1. The Morgan fingerprint density at radius 1 is 1.17 bits per heavy atom. The number of carboxylic acids is 1. The lowest BCUT2D eigenvalue weighted by atomic mass is 9.87. The molecule has 1 aliphatic carbocycles. The lowest BCUT2D eigenvalue weighted by molar-refractivity contribution is -0.141. The Morgan fingerprint density at radius 3 is 2.55 bits per heavy atom. The van der Waals surface area contributed by atoms with E-state index in [0.717, 1.165) is 12.0 Å². The van der Waals surface area contributed by atoms with Gasteiger partial charge in [0.1, 0.15) is 5.67 Å². The van der Waals surface area contributed by atoms with Gasteiger partial charge in [-0.3, -0.25) is 14.4 Å². The average molecular weight is 595 g/mol. The molecule has 0 spiro atoms. The third-order valence-corrected chi connectivity index (χ3v) is 9.13. The van der Waals surface area contributed by atoms with Crippen molar-refractivity contribution in [2.45, 2.75) is 57.7 Å². The van der Waals surface area contributed by atoms with Crippen molar-refractivity contribution < 1.29 is 23.9 Å². The van der Waals surface area contributed by atoms with Crippen LogP contribution in [0.5, 0.6) is 0 Å². The lowest BCUT2D eigenvalue weighted by Gasteiger charge is -2.22. The predicted octanol–water partition coefficient (Wildman–Crippen LogP) is 6.02. The van der Waals surface area contributed by atoms with Gasteiger partial charge in [0.15, 0.2) is 0 Å². The second-order valence-corrected chi connectivity index (χ2v) is 12.1. The van der Waals surface area contributed by atoms with Gasteiger partial charge in [0.25, 0.3) is 11.8 Å². The number of aromatic nitrogens is 2. The highest BCUT2D eigenvalue weighted by Crippen LogP contribution is 2.38. The van der Waals surface area contributed by atoms with Gasteiger partial charge < -0.3 is 14.9 Å². The molecule has 1 aliphatic heterocycles. The molecule has 2 aromatic carbocycles. The van der Waals surface area contributed by atoms with Crippen LogP contribution in [-0.2, 0) is 10.5 Å². The third kappa shape index (κ3) is 5.47. The highest BCUT2D eigenvalue weighted by atomic mass is 35.5. The summed E-state index contributed by atoms with van der Waals surface area (Å²) in [7, 11) is 4.00. The van der Waals surface area contributed by atoms with Crippen LogP contribution in [0.25, 0.3) is 16.5 Å². The Balaban J connectivity index is 1.64. The summed E-state index contributed by atoms with van der Waals surface area (Å²) in [6, 6.07) is 10.2. The molecule has 1 N–H and O–H groups in total. The highest BCUT2D eigenvalue weighted by molar-refractivity contribution is 6.34. The SMILES string of the molecule is CCC(C)(F)c1cccc(Cl)c1C(=O)n1nc(C2=CCC(C(=O)O)CC2)c2ccc(C(=O)N3CC[C@@H](N(C)C)C3)cc21. The largest absolute Gasteiger partial charge is 0.481 e. The van der Waals surface area contributed by atoms with Crippen LogP contribution in [0.3, 0.4) is 0 Å². The van der Waals surface area contributed by atoms with Gasteiger partial charge in [0.2, 0.25) is 0 Å². The van der Waals surface area contributed by atoms with Crippen molar-refractivity contribution >= 4 is 45.9 Å². The number of carboxylic acid groups (broad SMARTS) is 1. The average Bonchev–Trinajstić information content (AvgIpc) is 3.62. The first-order chi connectivity index (χ1) is 19.9.